The molecule has 0 saturated carbocycles. The summed E-state index contributed by atoms with van der Waals surface area (Å²) < 4.78 is 0.856. The first kappa shape index (κ1) is 7.75. The van der Waals surface area contributed by atoms with Gasteiger partial charge in [0.2, 0.25) is 0 Å². The third-order valence-corrected chi connectivity index (χ3v) is 3.19. The predicted octanol–water partition coefficient (Wildman–Crippen LogP) is 0.488. The van der Waals surface area contributed by atoms with Crippen LogP contribution >= 0.6 is 22.6 Å². The van der Waals surface area contributed by atoms with Gasteiger partial charge in [0, 0.05) is 17.5 Å². The van der Waals surface area contributed by atoms with Gasteiger partial charge in [0.25, 0.3) is 0 Å². The topological polar surface area (TPSA) is 23.5 Å². The maximum absolute atomic E-state index is 9.62. The van der Waals surface area contributed by atoms with Crippen molar-refractivity contribution in [2.75, 3.05) is 24.6 Å². The van der Waals surface area contributed by atoms with Crippen molar-refractivity contribution in [3.05, 3.63) is 0 Å². The Labute approximate surface area is 69.4 Å². The van der Waals surface area contributed by atoms with E-state index < -0.39 is 0 Å². The molecule has 1 N–H and O–H groups in total. The molecule has 1 atom stereocenters. The number of β-amino-alcohol motifs (C(OH)–C–C–N with tert-alkyl or cyclic N) is 1. The lowest BCUT2D eigenvalue weighted by Crippen LogP contribution is -2.33. The van der Waals surface area contributed by atoms with Crippen LogP contribution in [0.5, 0.6) is 0 Å². The predicted molar refractivity (Wildman–Crippen MR) is 46.0 cm³/mol. The molecule has 1 unspecified atom stereocenters. The van der Waals surface area contributed by atoms with E-state index in [9.17, 15) is 5.11 Å². The van der Waals surface area contributed by atoms with Crippen molar-refractivity contribution in [2.45, 2.75) is 12.0 Å². The van der Waals surface area contributed by atoms with Crippen molar-refractivity contribution in [3.8, 4) is 0 Å². The second-order valence-electron chi connectivity index (χ2n) is 2.85. The number of likely N-dealkylation sites (tertiary alicyclic amines) is 1. The van der Waals surface area contributed by atoms with Crippen molar-refractivity contribution in [2.24, 2.45) is 0 Å². The fourth-order valence-corrected chi connectivity index (χ4v) is 1.79. The molecule has 0 spiro atoms. The minimum absolute atomic E-state index is 0.380. The van der Waals surface area contributed by atoms with Crippen LogP contribution in [0.15, 0.2) is 0 Å². The molecule has 1 rings (SSSR count). The van der Waals surface area contributed by atoms with E-state index in [4.69, 9.17) is 0 Å². The Balaban J connectivity index is 2.45. The molecule has 9 heavy (non-hydrogen) atoms. The molecule has 0 radical (unpaired) electrons. The lowest BCUT2D eigenvalue weighted by Gasteiger charge is -2.18. The van der Waals surface area contributed by atoms with Crippen molar-refractivity contribution < 1.29 is 5.11 Å². The number of hydrogen-bond donors (Lipinski definition) is 1. The highest BCUT2D eigenvalue weighted by Gasteiger charge is 2.32. The van der Waals surface area contributed by atoms with E-state index in [0.29, 0.717) is 0 Å². The Kier molecular flexibility index (Phi) is 2.34. The molecule has 3 heteroatoms. The van der Waals surface area contributed by atoms with E-state index in [1.54, 1.807) is 0 Å². The first-order chi connectivity index (χ1) is 4.16. The molecule has 54 valence electrons. The Bertz CT molecular complexity index is 109. The summed E-state index contributed by atoms with van der Waals surface area (Å²) in [7, 11) is 2.05. The number of halogens is 1. The maximum Gasteiger partial charge on any atom is 0.0874 e. The summed E-state index contributed by atoms with van der Waals surface area (Å²) in [5, 5.41) is 9.62. The quantitative estimate of drug-likeness (QED) is 0.533. The summed E-state index contributed by atoms with van der Waals surface area (Å²) in [4.78, 5) is 2.17. The van der Waals surface area contributed by atoms with E-state index in [1.165, 1.54) is 0 Å². The van der Waals surface area contributed by atoms with Gasteiger partial charge in [0.15, 0.2) is 0 Å². The highest BCUT2D eigenvalue weighted by Crippen LogP contribution is 2.21. The largest absolute Gasteiger partial charge is 0.388 e. The van der Waals surface area contributed by atoms with E-state index in [0.717, 1.165) is 23.9 Å². The second kappa shape index (κ2) is 2.72. The number of likely N-dealkylation sites (N-methyl/N-ethyl adjacent to an activating group) is 1. The Morgan fingerprint density at radius 3 is 2.67 bits per heavy atom. The molecule has 0 aliphatic carbocycles. The van der Waals surface area contributed by atoms with E-state index in [-0.39, 0.29) is 5.60 Å². The molecule has 0 bridgehead atoms. The number of nitrogens with zero attached hydrogens (tertiary/aromatic N) is 1. The zero-order valence-electron chi connectivity index (χ0n) is 5.60. The number of aliphatic hydroxyl groups is 1. The zero-order valence-corrected chi connectivity index (χ0v) is 7.76. The molecule has 1 heterocycles. The molecule has 0 aromatic heterocycles. The molecular weight excluding hydrogens is 229 g/mol. The van der Waals surface area contributed by atoms with E-state index in [2.05, 4.69) is 27.5 Å². The van der Waals surface area contributed by atoms with Gasteiger partial charge >= 0.3 is 0 Å². The van der Waals surface area contributed by atoms with Crippen LogP contribution in [0.4, 0.5) is 0 Å². The van der Waals surface area contributed by atoms with Crippen LogP contribution < -0.4 is 0 Å². The average Bonchev–Trinajstić information content (AvgIpc) is 2.13. The van der Waals surface area contributed by atoms with Crippen LogP contribution in [0, 0.1) is 0 Å². The third kappa shape index (κ3) is 1.78. The molecule has 0 amide bonds. The molecule has 2 nitrogen and oxygen atoms in total. The maximum atomic E-state index is 9.62. The lowest BCUT2D eigenvalue weighted by atomic mass is 10.1. The standard InChI is InChI=1S/C6H12INO/c1-8-3-2-6(9,4-7)5-8/h9H,2-5H2,1H3. The Hall–Kier alpha value is 0.650. The average molecular weight is 241 g/mol. The van der Waals surface area contributed by atoms with Crippen LogP contribution in [0.3, 0.4) is 0 Å². The molecule has 1 aliphatic heterocycles. The van der Waals surface area contributed by atoms with Gasteiger partial charge in [-0.25, -0.2) is 0 Å². The van der Waals surface area contributed by atoms with Gasteiger partial charge in [-0.05, 0) is 13.5 Å². The molecule has 1 aliphatic rings. The fourth-order valence-electron chi connectivity index (χ4n) is 1.17. The van der Waals surface area contributed by atoms with Gasteiger partial charge in [0.1, 0.15) is 0 Å². The van der Waals surface area contributed by atoms with Gasteiger partial charge in [-0.3, -0.25) is 0 Å². The van der Waals surface area contributed by atoms with Crippen molar-refractivity contribution in [1.82, 2.24) is 4.90 Å². The van der Waals surface area contributed by atoms with Crippen LogP contribution in [0.2, 0.25) is 0 Å². The molecule has 1 fully saturated rings. The third-order valence-electron chi connectivity index (χ3n) is 1.77. The first-order valence-corrected chi connectivity index (χ1v) is 4.66. The number of hydrogen-bond acceptors (Lipinski definition) is 2. The lowest BCUT2D eigenvalue weighted by molar-refractivity contribution is 0.0799. The minimum Gasteiger partial charge on any atom is -0.388 e. The monoisotopic (exact) mass is 241 g/mol. The molecular formula is C6H12INO. The van der Waals surface area contributed by atoms with Crippen molar-refractivity contribution in [3.63, 3.8) is 0 Å². The normalized spacial score (nSPS) is 37.7. The molecule has 0 aromatic carbocycles. The summed E-state index contributed by atoms with van der Waals surface area (Å²) in [5.41, 5.74) is -0.380. The van der Waals surface area contributed by atoms with E-state index >= 15 is 0 Å². The minimum atomic E-state index is -0.380. The van der Waals surface area contributed by atoms with Gasteiger partial charge in [-0.1, -0.05) is 22.6 Å². The van der Waals surface area contributed by atoms with Gasteiger partial charge in [-0.2, -0.15) is 0 Å². The highest BCUT2D eigenvalue weighted by molar-refractivity contribution is 14.1. The summed E-state index contributed by atoms with van der Waals surface area (Å²) in [5.74, 6) is 0. The summed E-state index contributed by atoms with van der Waals surface area (Å²) >= 11 is 2.24. The van der Waals surface area contributed by atoms with Crippen LogP contribution in [-0.2, 0) is 0 Å². The van der Waals surface area contributed by atoms with Gasteiger partial charge in [0.05, 0.1) is 5.60 Å². The van der Waals surface area contributed by atoms with Crippen LogP contribution in [0.1, 0.15) is 6.42 Å². The summed E-state index contributed by atoms with van der Waals surface area (Å²) in [6.45, 7) is 1.88. The number of alkyl halides is 1. The van der Waals surface area contributed by atoms with Crippen molar-refractivity contribution in [1.29, 1.82) is 0 Å². The highest BCUT2D eigenvalue weighted by atomic mass is 127. The van der Waals surface area contributed by atoms with E-state index in [1.807, 2.05) is 7.05 Å². The summed E-state index contributed by atoms with van der Waals surface area (Å²) in [6, 6.07) is 0. The Morgan fingerprint density at radius 1 is 1.78 bits per heavy atom. The van der Waals surface area contributed by atoms with Crippen LogP contribution in [0.25, 0.3) is 0 Å². The second-order valence-corrected chi connectivity index (χ2v) is 3.61. The smallest absolute Gasteiger partial charge is 0.0874 e. The first-order valence-electron chi connectivity index (χ1n) is 3.13. The fraction of sp³-hybridized carbons (Fsp3) is 1.00. The molecule has 0 aromatic rings. The summed E-state index contributed by atoms with van der Waals surface area (Å²) in [6.07, 6.45) is 0.937. The molecule has 1 saturated heterocycles. The zero-order chi connectivity index (χ0) is 6.91. The van der Waals surface area contributed by atoms with Gasteiger partial charge < -0.3 is 10.0 Å². The Morgan fingerprint density at radius 2 is 2.44 bits per heavy atom. The van der Waals surface area contributed by atoms with Crippen molar-refractivity contribution >= 4 is 22.6 Å². The number of rotatable bonds is 1. The van der Waals surface area contributed by atoms with Crippen LogP contribution in [-0.4, -0.2) is 40.2 Å². The SMILES string of the molecule is CN1CCC(O)(CI)C1. The van der Waals surface area contributed by atoms with Gasteiger partial charge in [-0.15, -0.1) is 0 Å².